The Bertz CT molecular complexity index is 579. The van der Waals surface area contributed by atoms with Gasteiger partial charge in [0.05, 0.1) is 16.8 Å². The molecule has 2 rings (SSSR count). The van der Waals surface area contributed by atoms with E-state index < -0.39 is 0 Å². The predicted octanol–water partition coefficient (Wildman–Crippen LogP) is 3.00. The normalized spacial score (nSPS) is 17.2. The van der Waals surface area contributed by atoms with Crippen molar-refractivity contribution in [2.75, 3.05) is 31.5 Å². The molecule has 1 fully saturated rings. The van der Waals surface area contributed by atoms with Crippen molar-refractivity contribution in [2.45, 2.75) is 39.2 Å². The van der Waals surface area contributed by atoms with Crippen LogP contribution in [0.4, 0.5) is 5.69 Å². The molecule has 0 aliphatic carbocycles. The van der Waals surface area contributed by atoms with Crippen LogP contribution in [-0.2, 0) is 9.59 Å². The molecule has 1 saturated heterocycles. The molecule has 1 aromatic rings. The average molecular weight is 352 g/mol. The zero-order chi connectivity index (χ0) is 17.5. The van der Waals surface area contributed by atoms with Crippen LogP contribution in [0.2, 0.25) is 5.02 Å². The van der Waals surface area contributed by atoms with Gasteiger partial charge in [-0.25, -0.2) is 0 Å². The third-order valence-electron chi connectivity index (χ3n) is 4.41. The quantitative estimate of drug-likeness (QED) is 0.887. The topological polar surface area (TPSA) is 52.7 Å². The highest BCUT2D eigenvalue weighted by atomic mass is 35.5. The van der Waals surface area contributed by atoms with E-state index in [1.807, 2.05) is 30.9 Å². The van der Waals surface area contributed by atoms with Crippen molar-refractivity contribution >= 4 is 29.1 Å². The lowest BCUT2D eigenvalue weighted by atomic mass is 10.2. The number of nitrogens with one attached hydrogen (secondary N) is 1. The van der Waals surface area contributed by atoms with Crippen LogP contribution < -0.4 is 5.32 Å². The maximum atomic E-state index is 12.5. The Balaban J connectivity index is 1.92. The minimum Gasteiger partial charge on any atom is -0.341 e. The predicted molar refractivity (Wildman–Crippen MR) is 97.2 cm³/mol. The highest BCUT2D eigenvalue weighted by Gasteiger charge is 2.25. The molecule has 1 N–H and O–H groups in total. The summed E-state index contributed by atoms with van der Waals surface area (Å²) < 4.78 is 0. The number of anilines is 1. The van der Waals surface area contributed by atoms with Gasteiger partial charge in [-0.2, -0.15) is 0 Å². The standard InChI is InChI=1S/C18H26ClN3O2/c1-3-7-17(23)22-11-6-10-21(12-13-22)14(2)18(24)20-16-9-5-4-8-15(16)19/h4-5,8-9,14H,3,6-7,10-13H2,1-2H3,(H,20,24)/t14-/m0/s1. The SMILES string of the molecule is CCCC(=O)N1CCCN([C@@H](C)C(=O)Nc2ccccc2Cl)CC1. The van der Waals surface area contributed by atoms with E-state index in [1.54, 1.807) is 12.1 Å². The lowest BCUT2D eigenvalue weighted by molar-refractivity contribution is -0.131. The van der Waals surface area contributed by atoms with Gasteiger partial charge in [-0.05, 0) is 31.9 Å². The van der Waals surface area contributed by atoms with Crippen molar-refractivity contribution in [2.24, 2.45) is 0 Å². The fourth-order valence-electron chi connectivity index (χ4n) is 2.91. The molecule has 0 saturated carbocycles. The van der Waals surface area contributed by atoms with E-state index in [1.165, 1.54) is 0 Å². The maximum Gasteiger partial charge on any atom is 0.241 e. The van der Waals surface area contributed by atoms with Gasteiger partial charge >= 0.3 is 0 Å². The van der Waals surface area contributed by atoms with Crippen molar-refractivity contribution in [3.05, 3.63) is 29.3 Å². The summed E-state index contributed by atoms with van der Waals surface area (Å²) in [5.74, 6) is 0.143. The summed E-state index contributed by atoms with van der Waals surface area (Å²) in [4.78, 5) is 28.6. The van der Waals surface area contributed by atoms with Gasteiger partial charge < -0.3 is 10.2 Å². The second-order valence-electron chi connectivity index (χ2n) is 6.17. The first-order valence-corrected chi connectivity index (χ1v) is 8.98. The van der Waals surface area contributed by atoms with Crippen molar-refractivity contribution < 1.29 is 9.59 Å². The van der Waals surface area contributed by atoms with Gasteiger partial charge in [0.25, 0.3) is 0 Å². The van der Waals surface area contributed by atoms with Crippen LogP contribution in [0.1, 0.15) is 33.1 Å². The molecule has 5 nitrogen and oxygen atoms in total. The Kier molecular flexibility index (Phi) is 7.06. The molecular formula is C18H26ClN3O2. The summed E-state index contributed by atoms with van der Waals surface area (Å²) in [5.41, 5.74) is 0.630. The molecule has 0 aromatic heterocycles. The Morgan fingerprint density at radius 1 is 1.21 bits per heavy atom. The zero-order valence-corrected chi connectivity index (χ0v) is 15.2. The monoisotopic (exact) mass is 351 g/mol. The van der Waals surface area contributed by atoms with Gasteiger partial charge in [0.2, 0.25) is 11.8 Å². The van der Waals surface area contributed by atoms with Crippen molar-refractivity contribution in [3.8, 4) is 0 Å². The molecular weight excluding hydrogens is 326 g/mol. The van der Waals surface area contributed by atoms with Gasteiger partial charge in [-0.1, -0.05) is 30.7 Å². The Labute approximate surface area is 149 Å². The number of benzene rings is 1. The first kappa shape index (κ1) is 18.7. The van der Waals surface area contributed by atoms with Crippen molar-refractivity contribution in [3.63, 3.8) is 0 Å². The van der Waals surface area contributed by atoms with Gasteiger partial charge in [0.1, 0.15) is 0 Å². The summed E-state index contributed by atoms with van der Waals surface area (Å²) >= 11 is 6.10. The summed E-state index contributed by atoms with van der Waals surface area (Å²) in [6, 6.07) is 6.96. The molecule has 0 bridgehead atoms. The lowest BCUT2D eigenvalue weighted by Gasteiger charge is -2.27. The molecule has 132 valence electrons. The number of hydrogen-bond donors (Lipinski definition) is 1. The molecule has 1 heterocycles. The van der Waals surface area contributed by atoms with Crippen LogP contribution in [-0.4, -0.2) is 53.8 Å². The molecule has 1 aromatic carbocycles. The molecule has 0 radical (unpaired) electrons. The molecule has 24 heavy (non-hydrogen) atoms. The fraction of sp³-hybridized carbons (Fsp3) is 0.556. The highest BCUT2D eigenvalue weighted by Crippen LogP contribution is 2.21. The maximum absolute atomic E-state index is 12.5. The van der Waals surface area contributed by atoms with Crippen LogP contribution in [0.25, 0.3) is 0 Å². The van der Waals surface area contributed by atoms with E-state index in [9.17, 15) is 9.59 Å². The Hall–Kier alpha value is -1.59. The molecule has 2 amide bonds. The van der Waals surface area contributed by atoms with Crippen LogP contribution >= 0.6 is 11.6 Å². The van der Waals surface area contributed by atoms with Crippen molar-refractivity contribution in [1.82, 2.24) is 9.80 Å². The highest BCUT2D eigenvalue weighted by molar-refractivity contribution is 6.33. The first-order chi connectivity index (χ1) is 11.5. The van der Waals surface area contributed by atoms with Crippen LogP contribution in [0.5, 0.6) is 0 Å². The zero-order valence-electron chi connectivity index (χ0n) is 14.4. The number of nitrogens with zero attached hydrogens (tertiary/aromatic N) is 2. The lowest BCUT2D eigenvalue weighted by Crippen LogP contribution is -2.44. The second-order valence-corrected chi connectivity index (χ2v) is 6.57. The molecule has 0 spiro atoms. The Morgan fingerprint density at radius 3 is 2.67 bits per heavy atom. The Morgan fingerprint density at radius 2 is 1.96 bits per heavy atom. The summed E-state index contributed by atoms with van der Waals surface area (Å²) in [5, 5.41) is 3.42. The van der Waals surface area contributed by atoms with Gasteiger partial charge in [-0.15, -0.1) is 0 Å². The third-order valence-corrected chi connectivity index (χ3v) is 4.74. The number of para-hydroxylation sites is 1. The van der Waals surface area contributed by atoms with Gasteiger partial charge in [-0.3, -0.25) is 14.5 Å². The van der Waals surface area contributed by atoms with Crippen LogP contribution in [0.3, 0.4) is 0 Å². The number of hydrogen-bond acceptors (Lipinski definition) is 3. The summed E-state index contributed by atoms with van der Waals surface area (Å²) in [7, 11) is 0. The van der Waals surface area contributed by atoms with E-state index in [2.05, 4.69) is 10.2 Å². The van der Waals surface area contributed by atoms with Crippen molar-refractivity contribution in [1.29, 1.82) is 0 Å². The van der Waals surface area contributed by atoms with E-state index in [0.29, 0.717) is 30.2 Å². The smallest absolute Gasteiger partial charge is 0.241 e. The molecule has 1 aliphatic rings. The second kappa shape index (κ2) is 9.04. The largest absolute Gasteiger partial charge is 0.341 e. The fourth-order valence-corrected chi connectivity index (χ4v) is 3.09. The molecule has 0 unspecified atom stereocenters. The first-order valence-electron chi connectivity index (χ1n) is 8.60. The van der Waals surface area contributed by atoms with Gasteiger partial charge in [0.15, 0.2) is 0 Å². The number of carbonyl (C=O) groups excluding carboxylic acids is 2. The minimum absolute atomic E-state index is 0.0727. The van der Waals surface area contributed by atoms with E-state index in [-0.39, 0.29) is 17.9 Å². The number of amides is 2. The number of rotatable bonds is 5. The van der Waals surface area contributed by atoms with Gasteiger partial charge in [0, 0.05) is 32.6 Å². The molecule has 1 aliphatic heterocycles. The third kappa shape index (κ3) is 4.95. The number of carbonyl (C=O) groups is 2. The number of halogens is 1. The van der Waals surface area contributed by atoms with E-state index >= 15 is 0 Å². The van der Waals surface area contributed by atoms with E-state index in [4.69, 9.17) is 11.6 Å². The molecule has 6 heteroatoms. The summed E-state index contributed by atoms with van der Waals surface area (Å²) in [6.45, 7) is 6.90. The summed E-state index contributed by atoms with van der Waals surface area (Å²) in [6.07, 6.45) is 2.36. The van der Waals surface area contributed by atoms with Crippen LogP contribution in [0, 0.1) is 0 Å². The van der Waals surface area contributed by atoms with E-state index in [0.717, 1.165) is 25.9 Å². The molecule has 1 atom stereocenters. The minimum atomic E-state index is -0.262. The van der Waals surface area contributed by atoms with Crippen LogP contribution in [0.15, 0.2) is 24.3 Å². The average Bonchev–Trinajstić information content (AvgIpc) is 2.82.